The molecule has 0 rings (SSSR count). The topological polar surface area (TPSA) is 107 Å². The quantitative estimate of drug-likeness (QED) is 0.435. The summed E-state index contributed by atoms with van der Waals surface area (Å²) in [6, 6.07) is 0. The van der Waals surface area contributed by atoms with Crippen LogP contribution in [-0.4, -0.2) is 47.7 Å². The van der Waals surface area contributed by atoms with Crippen molar-refractivity contribution in [2.75, 3.05) is 13.1 Å². The molecule has 3 N–H and O–H groups in total. The van der Waals surface area contributed by atoms with Crippen molar-refractivity contribution in [2.24, 2.45) is 0 Å². The largest absolute Gasteiger partial charge is 0.465 e. The van der Waals surface area contributed by atoms with Crippen molar-refractivity contribution in [3.05, 3.63) is 0 Å². The fraction of sp³-hybridized carbons (Fsp3) is 0.900. The number of carbonyl (C=O) groups is 1. The maximum Gasteiger partial charge on any atom is 0.406 e. The molecule has 0 radical (unpaired) electrons. The van der Waals surface area contributed by atoms with Crippen LogP contribution in [0.2, 0.25) is 0 Å². The SMILES string of the molecule is CCCCN(CCCC)C(NC(=O)O)S(=O)(=O)O. The summed E-state index contributed by atoms with van der Waals surface area (Å²) in [4.78, 5) is 12.0. The third-order valence-corrected chi connectivity index (χ3v) is 3.44. The van der Waals surface area contributed by atoms with E-state index in [-0.39, 0.29) is 0 Å². The van der Waals surface area contributed by atoms with E-state index in [2.05, 4.69) is 0 Å². The second-order valence-electron chi connectivity index (χ2n) is 4.06. The molecule has 0 saturated heterocycles. The Morgan fingerprint density at radius 2 is 1.67 bits per heavy atom. The van der Waals surface area contributed by atoms with Crippen LogP contribution in [0.1, 0.15) is 39.5 Å². The Balaban J connectivity index is 4.87. The summed E-state index contributed by atoms with van der Waals surface area (Å²) in [6.45, 7) is 4.73. The second-order valence-corrected chi connectivity index (χ2v) is 5.54. The lowest BCUT2D eigenvalue weighted by Crippen LogP contribution is -2.53. The van der Waals surface area contributed by atoms with E-state index >= 15 is 0 Å². The highest BCUT2D eigenvalue weighted by Gasteiger charge is 2.30. The van der Waals surface area contributed by atoms with Gasteiger partial charge in [0.05, 0.1) is 0 Å². The first kappa shape index (κ1) is 17.1. The van der Waals surface area contributed by atoms with E-state index in [4.69, 9.17) is 9.66 Å². The van der Waals surface area contributed by atoms with Crippen LogP contribution in [0.5, 0.6) is 0 Å². The second kappa shape index (κ2) is 8.28. The minimum Gasteiger partial charge on any atom is -0.465 e. The predicted octanol–water partition coefficient (Wildman–Crippen LogP) is 1.33. The molecule has 0 aromatic rings. The zero-order valence-corrected chi connectivity index (χ0v) is 11.6. The van der Waals surface area contributed by atoms with Gasteiger partial charge in [-0.25, -0.2) is 4.79 Å². The van der Waals surface area contributed by atoms with Gasteiger partial charge in [0.1, 0.15) is 0 Å². The summed E-state index contributed by atoms with van der Waals surface area (Å²) < 4.78 is 31.5. The highest BCUT2D eigenvalue weighted by Crippen LogP contribution is 2.08. The van der Waals surface area contributed by atoms with Gasteiger partial charge >= 0.3 is 16.2 Å². The number of unbranched alkanes of at least 4 members (excludes halogenated alkanes) is 2. The molecule has 0 aliphatic carbocycles. The van der Waals surface area contributed by atoms with Gasteiger partial charge < -0.3 is 5.11 Å². The summed E-state index contributed by atoms with van der Waals surface area (Å²) in [6.07, 6.45) is 1.70. The average Bonchev–Trinajstić information content (AvgIpc) is 2.25. The van der Waals surface area contributed by atoms with Crippen molar-refractivity contribution in [1.29, 1.82) is 0 Å². The molecule has 0 aromatic carbocycles. The molecule has 0 fully saturated rings. The molecule has 8 heteroatoms. The van der Waals surface area contributed by atoms with Gasteiger partial charge in [-0.3, -0.25) is 14.8 Å². The van der Waals surface area contributed by atoms with Crippen LogP contribution in [0.25, 0.3) is 0 Å². The lowest BCUT2D eigenvalue weighted by molar-refractivity contribution is 0.163. The van der Waals surface area contributed by atoms with Gasteiger partial charge in [-0.15, -0.1) is 0 Å². The molecule has 0 aliphatic heterocycles. The Kier molecular flexibility index (Phi) is 7.88. The zero-order valence-electron chi connectivity index (χ0n) is 10.8. The summed E-state index contributed by atoms with van der Waals surface area (Å²) in [7, 11) is -4.49. The first-order chi connectivity index (χ1) is 8.32. The maximum absolute atomic E-state index is 11.2. The van der Waals surface area contributed by atoms with Crippen LogP contribution in [0.3, 0.4) is 0 Å². The van der Waals surface area contributed by atoms with Gasteiger partial charge in [0.15, 0.2) is 0 Å². The Morgan fingerprint density at radius 1 is 1.22 bits per heavy atom. The molecule has 108 valence electrons. The van der Waals surface area contributed by atoms with E-state index in [1.165, 1.54) is 4.90 Å². The Labute approximate surface area is 108 Å². The van der Waals surface area contributed by atoms with Gasteiger partial charge in [-0.1, -0.05) is 26.7 Å². The number of hydrogen-bond donors (Lipinski definition) is 3. The Morgan fingerprint density at radius 3 is 1.94 bits per heavy atom. The van der Waals surface area contributed by atoms with Crippen molar-refractivity contribution in [2.45, 2.75) is 45.0 Å². The van der Waals surface area contributed by atoms with Gasteiger partial charge in [0.2, 0.25) is 5.50 Å². The summed E-state index contributed by atoms with van der Waals surface area (Å²) in [5.41, 5.74) is -1.59. The number of amides is 1. The highest BCUT2D eigenvalue weighted by atomic mass is 32.2. The van der Waals surface area contributed by atoms with E-state index in [0.29, 0.717) is 13.1 Å². The number of nitrogens with one attached hydrogen (secondary N) is 1. The van der Waals surface area contributed by atoms with E-state index in [0.717, 1.165) is 25.7 Å². The standard InChI is InChI=1S/C10H22N2O5S/c1-3-5-7-12(8-6-4-2)9(11-10(13)14)18(15,16)17/h9,11H,3-8H2,1-2H3,(H,13,14)(H,15,16,17). The summed E-state index contributed by atoms with van der Waals surface area (Å²) in [5.74, 6) is 0. The van der Waals surface area contributed by atoms with Crippen LogP contribution in [0.4, 0.5) is 4.79 Å². The molecular formula is C10H22N2O5S. The van der Waals surface area contributed by atoms with Crippen LogP contribution in [0.15, 0.2) is 0 Å². The van der Waals surface area contributed by atoms with Crippen molar-refractivity contribution >= 4 is 16.2 Å². The highest BCUT2D eigenvalue weighted by molar-refractivity contribution is 7.86. The average molecular weight is 282 g/mol. The van der Waals surface area contributed by atoms with E-state index in [9.17, 15) is 13.2 Å². The summed E-state index contributed by atoms with van der Waals surface area (Å²) in [5, 5.41) is 10.5. The first-order valence-electron chi connectivity index (χ1n) is 6.02. The first-order valence-corrected chi connectivity index (χ1v) is 7.53. The van der Waals surface area contributed by atoms with Crippen molar-refractivity contribution in [3.63, 3.8) is 0 Å². The molecule has 1 unspecified atom stereocenters. The summed E-state index contributed by atoms with van der Waals surface area (Å²) >= 11 is 0. The normalized spacial score (nSPS) is 13.6. The fourth-order valence-corrected chi connectivity index (χ4v) is 2.37. The van der Waals surface area contributed by atoms with E-state index < -0.39 is 21.7 Å². The number of rotatable bonds is 9. The van der Waals surface area contributed by atoms with Crippen LogP contribution in [0, 0.1) is 0 Å². The molecule has 0 saturated carbocycles. The molecular weight excluding hydrogens is 260 g/mol. The van der Waals surface area contributed by atoms with Crippen LogP contribution < -0.4 is 5.32 Å². The third kappa shape index (κ3) is 6.77. The van der Waals surface area contributed by atoms with Gasteiger partial charge in [0.25, 0.3) is 0 Å². The maximum atomic E-state index is 11.2. The minimum absolute atomic E-state index is 0.418. The molecule has 0 heterocycles. The predicted molar refractivity (Wildman–Crippen MR) is 67.9 cm³/mol. The van der Waals surface area contributed by atoms with Gasteiger partial charge in [-0.2, -0.15) is 8.42 Å². The molecule has 18 heavy (non-hydrogen) atoms. The Bertz CT molecular complexity index is 336. The Hall–Kier alpha value is -0.860. The molecule has 7 nitrogen and oxygen atoms in total. The van der Waals surface area contributed by atoms with Crippen LogP contribution >= 0.6 is 0 Å². The van der Waals surface area contributed by atoms with Gasteiger partial charge in [-0.05, 0) is 12.8 Å². The molecule has 0 aliphatic rings. The van der Waals surface area contributed by atoms with E-state index in [1.807, 2.05) is 19.2 Å². The van der Waals surface area contributed by atoms with Gasteiger partial charge in [0, 0.05) is 13.1 Å². The fourth-order valence-electron chi connectivity index (χ4n) is 1.53. The number of carboxylic acid groups (broad SMARTS) is 1. The molecule has 1 amide bonds. The third-order valence-electron chi connectivity index (χ3n) is 2.46. The lowest BCUT2D eigenvalue weighted by atomic mass is 10.3. The smallest absolute Gasteiger partial charge is 0.406 e. The minimum atomic E-state index is -4.49. The van der Waals surface area contributed by atoms with Crippen molar-refractivity contribution in [1.82, 2.24) is 10.2 Å². The lowest BCUT2D eigenvalue weighted by Gasteiger charge is -2.28. The number of nitrogens with zero attached hydrogens (tertiary/aromatic N) is 1. The van der Waals surface area contributed by atoms with E-state index in [1.54, 1.807) is 0 Å². The molecule has 0 spiro atoms. The number of hydrogen-bond acceptors (Lipinski definition) is 4. The monoisotopic (exact) mass is 282 g/mol. The van der Waals surface area contributed by atoms with Crippen molar-refractivity contribution < 1.29 is 22.9 Å². The zero-order chi connectivity index (χ0) is 14.2. The molecule has 0 bridgehead atoms. The van der Waals surface area contributed by atoms with Crippen molar-refractivity contribution in [3.8, 4) is 0 Å². The molecule has 0 aromatic heterocycles. The van der Waals surface area contributed by atoms with Crippen LogP contribution in [-0.2, 0) is 10.1 Å². The molecule has 1 atom stereocenters.